The summed E-state index contributed by atoms with van der Waals surface area (Å²) in [5.74, 6) is -0.892. The van der Waals surface area contributed by atoms with Crippen LogP contribution in [0.25, 0.3) is 0 Å². The van der Waals surface area contributed by atoms with Gasteiger partial charge in [-0.2, -0.15) is 0 Å². The molecule has 0 heterocycles. The maximum atomic E-state index is 13.7. The van der Waals surface area contributed by atoms with E-state index in [2.05, 4.69) is 5.32 Å². The SMILES string of the molecule is CNC(=O)[C@H](C)N(Cc1cccc(Cl)c1)C(=O)CN(c1cccc(C)c1)S(=O)(=O)c1ccc(C)cc1. The predicted molar refractivity (Wildman–Crippen MR) is 142 cm³/mol. The Morgan fingerprint density at radius 2 is 1.61 bits per heavy atom. The van der Waals surface area contributed by atoms with Crippen molar-refractivity contribution in [2.45, 2.75) is 38.3 Å². The molecule has 0 radical (unpaired) electrons. The Hall–Kier alpha value is -3.36. The monoisotopic (exact) mass is 527 g/mol. The average molecular weight is 528 g/mol. The van der Waals surface area contributed by atoms with E-state index in [-0.39, 0.29) is 17.3 Å². The maximum Gasteiger partial charge on any atom is 0.264 e. The van der Waals surface area contributed by atoms with Gasteiger partial charge in [0.05, 0.1) is 10.6 Å². The normalized spacial score (nSPS) is 12.0. The summed E-state index contributed by atoms with van der Waals surface area (Å²) in [7, 11) is -2.60. The van der Waals surface area contributed by atoms with E-state index in [1.165, 1.54) is 24.1 Å². The van der Waals surface area contributed by atoms with Crippen LogP contribution in [-0.2, 0) is 26.2 Å². The van der Waals surface area contributed by atoms with Crippen molar-refractivity contribution in [3.8, 4) is 0 Å². The van der Waals surface area contributed by atoms with Crippen molar-refractivity contribution in [1.82, 2.24) is 10.2 Å². The molecule has 0 aliphatic heterocycles. The lowest BCUT2D eigenvalue weighted by atomic mass is 10.1. The Labute approximate surface area is 217 Å². The number of hydrogen-bond acceptors (Lipinski definition) is 4. The lowest BCUT2D eigenvalue weighted by Crippen LogP contribution is -2.50. The molecule has 36 heavy (non-hydrogen) atoms. The Kier molecular flexibility index (Phi) is 8.76. The van der Waals surface area contributed by atoms with Gasteiger partial charge in [-0.1, -0.05) is 53.6 Å². The Morgan fingerprint density at radius 1 is 0.944 bits per heavy atom. The number of likely N-dealkylation sites (N-methyl/N-ethyl adjacent to an activating group) is 1. The predicted octanol–water partition coefficient (Wildman–Crippen LogP) is 4.32. The van der Waals surface area contributed by atoms with E-state index < -0.39 is 28.5 Å². The number of benzene rings is 3. The van der Waals surface area contributed by atoms with Crippen molar-refractivity contribution in [3.63, 3.8) is 0 Å². The molecule has 3 rings (SSSR count). The first-order chi connectivity index (χ1) is 17.0. The molecule has 0 aromatic heterocycles. The zero-order valence-corrected chi connectivity index (χ0v) is 22.3. The van der Waals surface area contributed by atoms with E-state index in [4.69, 9.17) is 11.6 Å². The minimum atomic E-state index is -4.08. The number of amides is 2. The highest BCUT2D eigenvalue weighted by Gasteiger charge is 2.32. The van der Waals surface area contributed by atoms with E-state index in [1.54, 1.807) is 61.5 Å². The molecule has 0 saturated carbocycles. The molecule has 0 spiro atoms. The molecule has 9 heteroatoms. The highest BCUT2D eigenvalue weighted by Crippen LogP contribution is 2.26. The highest BCUT2D eigenvalue weighted by molar-refractivity contribution is 7.92. The summed E-state index contributed by atoms with van der Waals surface area (Å²) in [6, 6.07) is 19.5. The van der Waals surface area contributed by atoms with Crippen molar-refractivity contribution >= 4 is 39.1 Å². The van der Waals surface area contributed by atoms with Crippen LogP contribution in [0.15, 0.2) is 77.7 Å². The third-order valence-corrected chi connectivity index (χ3v) is 7.86. The molecule has 7 nitrogen and oxygen atoms in total. The van der Waals surface area contributed by atoms with Gasteiger partial charge in [-0.25, -0.2) is 8.42 Å². The van der Waals surface area contributed by atoms with Crippen molar-refractivity contribution < 1.29 is 18.0 Å². The first-order valence-electron chi connectivity index (χ1n) is 11.4. The van der Waals surface area contributed by atoms with E-state index in [9.17, 15) is 18.0 Å². The topological polar surface area (TPSA) is 86.8 Å². The van der Waals surface area contributed by atoms with Crippen LogP contribution in [0.1, 0.15) is 23.6 Å². The Morgan fingerprint density at radius 3 is 2.22 bits per heavy atom. The van der Waals surface area contributed by atoms with Crippen LogP contribution >= 0.6 is 11.6 Å². The molecule has 0 fully saturated rings. The molecule has 0 bridgehead atoms. The van der Waals surface area contributed by atoms with Gasteiger partial charge < -0.3 is 10.2 Å². The number of sulfonamides is 1. The highest BCUT2D eigenvalue weighted by atomic mass is 35.5. The number of hydrogen-bond donors (Lipinski definition) is 1. The van der Waals surface area contributed by atoms with Gasteiger partial charge in [-0.3, -0.25) is 13.9 Å². The summed E-state index contributed by atoms with van der Waals surface area (Å²) in [6.07, 6.45) is 0. The molecule has 0 aliphatic rings. The van der Waals surface area contributed by atoms with Crippen LogP contribution in [0.4, 0.5) is 5.69 Å². The molecule has 3 aromatic rings. The molecule has 0 saturated heterocycles. The first-order valence-corrected chi connectivity index (χ1v) is 13.3. The fourth-order valence-corrected chi connectivity index (χ4v) is 5.39. The molecule has 3 aromatic carbocycles. The van der Waals surface area contributed by atoms with Crippen LogP contribution in [-0.4, -0.2) is 44.8 Å². The lowest BCUT2D eigenvalue weighted by molar-refractivity contribution is -0.139. The van der Waals surface area contributed by atoms with E-state index in [0.29, 0.717) is 10.7 Å². The summed E-state index contributed by atoms with van der Waals surface area (Å²) >= 11 is 6.12. The quantitative estimate of drug-likeness (QED) is 0.449. The van der Waals surface area contributed by atoms with E-state index >= 15 is 0 Å². The largest absolute Gasteiger partial charge is 0.357 e. The molecule has 1 N–H and O–H groups in total. The van der Waals surface area contributed by atoms with Gasteiger partial charge in [0.1, 0.15) is 12.6 Å². The molecular weight excluding hydrogens is 498 g/mol. The second-order valence-electron chi connectivity index (χ2n) is 8.61. The molecular formula is C27H30ClN3O4S. The third kappa shape index (κ3) is 6.44. The van der Waals surface area contributed by atoms with Crippen LogP contribution in [0.3, 0.4) is 0 Å². The number of nitrogens with one attached hydrogen (secondary N) is 1. The number of carbonyl (C=O) groups is 2. The Balaban J connectivity index is 2.03. The van der Waals surface area contributed by atoms with Gasteiger partial charge in [0.15, 0.2) is 0 Å². The fourth-order valence-electron chi connectivity index (χ4n) is 3.77. The van der Waals surface area contributed by atoms with Gasteiger partial charge in [0.25, 0.3) is 10.0 Å². The second-order valence-corrected chi connectivity index (χ2v) is 10.9. The Bertz CT molecular complexity index is 1340. The summed E-state index contributed by atoms with van der Waals surface area (Å²) in [6.45, 7) is 4.92. The average Bonchev–Trinajstić information content (AvgIpc) is 2.85. The summed E-state index contributed by atoms with van der Waals surface area (Å²) in [5.41, 5.74) is 2.84. The molecule has 2 amide bonds. The summed E-state index contributed by atoms with van der Waals surface area (Å²) < 4.78 is 28.6. The fraction of sp³-hybridized carbons (Fsp3) is 0.259. The van der Waals surface area contributed by atoms with Crippen LogP contribution < -0.4 is 9.62 Å². The number of halogens is 1. The molecule has 190 valence electrons. The van der Waals surface area contributed by atoms with Gasteiger partial charge >= 0.3 is 0 Å². The van der Waals surface area contributed by atoms with Crippen molar-refractivity contribution in [3.05, 3.63) is 94.5 Å². The minimum absolute atomic E-state index is 0.0724. The zero-order valence-electron chi connectivity index (χ0n) is 20.7. The van der Waals surface area contributed by atoms with Gasteiger partial charge in [-0.15, -0.1) is 0 Å². The number of rotatable bonds is 9. The van der Waals surface area contributed by atoms with Crippen molar-refractivity contribution in [2.75, 3.05) is 17.9 Å². The molecule has 0 aliphatic carbocycles. The maximum absolute atomic E-state index is 13.7. The van der Waals surface area contributed by atoms with Crippen LogP contribution in [0.2, 0.25) is 5.02 Å². The molecule has 0 unspecified atom stereocenters. The van der Waals surface area contributed by atoms with Crippen molar-refractivity contribution in [1.29, 1.82) is 0 Å². The number of aryl methyl sites for hydroxylation is 2. The van der Waals surface area contributed by atoms with E-state index in [0.717, 1.165) is 21.0 Å². The van der Waals surface area contributed by atoms with Gasteiger partial charge in [0.2, 0.25) is 11.8 Å². The number of anilines is 1. The molecule has 1 atom stereocenters. The van der Waals surface area contributed by atoms with Gasteiger partial charge in [0, 0.05) is 18.6 Å². The van der Waals surface area contributed by atoms with Crippen LogP contribution in [0, 0.1) is 13.8 Å². The van der Waals surface area contributed by atoms with E-state index in [1.807, 2.05) is 19.9 Å². The summed E-state index contributed by atoms with van der Waals surface area (Å²) in [5, 5.41) is 3.06. The standard InChI is InChI=1S/C27H30ClN3O4S/c1-19-11-13-25(14-12-19)36(34,35)31(24-10-5-7-20(2)15-24)18-26(32)30(21(3)27(33)29-4)17-22-8-6-9-23(28)16-22/h5-16,21H,17-18H2,1-4H3,(H,29,33)/t21-/m0/s1. The van der Waals surface area contributed by atoms with Crippen molar-refractivity contribution in [2.24, 2.45) is 0 Å². The smallest absolute Gasteiger partial charge is 0.264 e. The zero-order chi connectivity index (χ0) is 26.5. The number of nitrogens with zero attached hydrogens (tertiary/aromatic N) is 2. The minimum Gasteiger partial charge on any atom is -0.357 e. The van der Waals surface area contributed by atoms with Crippen LogP contribution in [0.5, 0.6) is 0 Å². The third-order valence-electron chi connectivity index (χ3n) is 5.83. The second kappa shape index (κ2) is 11.6. The first kappa shape index (κ1) is 27.2. The lowest BCUT2D eigenvalue weighted by Gasteiger charge is -2.32. The summed E-state index contributed by atoms with van der Waals surface area (Å²) in [4.78, 5) is 27.6. The van der Waals surface area contributed by atoms with Gasteiger partial charge in [-0.05, 0) is 68.3 Å². The number of carbonyl (C=O) groups excluding carboxylic acids is 2.